The van der Waals surface area contributed by atoms with E-state index in [0.717, 1.165) is 37.6 Å². The molecule has 1 aliphatic heterocycles. The van der Waals surface area contributed by atoms with Crippen LogP contribution in [0.4, 0.5) is 0 Å². The van der Waals surface area contributed by atoms with Crippen molar-refractivity contribution in [1.82, 2.24) is 34.8 Å². The normalized spacial score (nSPS) is 23.6. The van der Waals surface area contributed by atoms with Gasteiger partial charge in [-0.2, -0.15) is 5.10 Å². The molecule has 1 saturated heterocycles. The van der Waals surface area contributed by atoms with Crippen LogP contribution in [0.15, 0.2) is 18.5 Å². The summed E-state index contributed by atoms with van der Waals surface area (Å²) in [6.45, 7) is 4.17. The number of ether oxygens (including phenoxy) is 1. The van der Waals surface area contributed by atoms with Crippen LogP contribution in [-0.4, -0.2) is 74.2 Å². The fourth-order valence-electron chi connectivity index (χ4n) is 3.59. The Morgan fingerprint density at radius 1 is 1.31 bits per heavy atom. The Balaban J connectivity index is 1.25. The number of nitrogens with one attached hydrogen (secondary N) is 1. The number of hydrogen-bond acceptors (Lipinski definition) is 6. The van der Waals surface area contributed by atoms with Crippen LogP contribution in [-0.2, 0) is 23.1 Å². The van der Waals surface area contributed by atoms with Gasteiger partial charge in [-0.25, -0.2) is 0 Å². The third-order valence-electron chi connectivity index (χ3n) is 5.20. The van der Waals surface area contributed by atoms with Crippen LogP contribution < -0.4 is 5.32 Å². The maximum absolute atomic E-state index is 12.2. The second-order valence-corrected chi connectivity index (χ2v) is 7.06. The minimum absolute atomic E-state index is 0.104. The molecule has 9 nitrogen and oxygen atoms in total. The summed E-state index contributed by atoms with van der Waals surface area (Å²) >= 11 is 0. The third-order valence-corrected chi connectivity index (χ3v) is 5.20. The van der Waals surface area contributed by atoms with Gasteiger partial charge in [-0.3, -0.25) is 14.4 Å². The van der Waals surface area contributed by atoms with E-state index in [1.54, 1.807) is 6.20 Å². The minimum Gasteiger partial charge on any atom is -0.379 e. The van der Waals surface area contributed by atoms with Crippen LogP contribution in [0.3, 0.4) is 0 Å². The lowest BCUT2D eigenvalue weighted by atomic mass is 9.79. The van der Waals surface area contributed by atoms with Crippen molar-refractivity contribution in [3.05, 3.63) is 30.1 Å². The van der Waals surface area contributed by atoms with Gasteiger partial charge in [-0.15, -0.1) is 10.2 Å². The van der Waals surface area contributed by atoms with Gasteiger partial charge >= 0.3 is 0 Å². The van der Waals surface area contributed by atoms with Gasteiger partial charge in [0.05, 0.1) is 19.8 Å². The zero-order valence-electron chi connectivity index (χ0n) is 15.0. The molecule has 1 aliphatic carbocycles. The average Bonchev–Trinajstić information content (AvgIpc) is 3.23. The van der Waals surface area contributed by atoms with Crippen molar-refractivity contribution in [2.24, 2.45) is 7.05 Å². The number of carbonyl (C=O) groups is 1. The number of aromatic nitrogens is 5. The highest BCUT2D eigenvalue weighted by atomic mass is 16.5. The maximum atomic E-state index is 12.2. The molecule has 0 radical (unpaired) electrons. The first-order valence-corrected chi connectivity index (χ1v) is 9.14. The molecule has 140 valence electrons. The first-order chi connectivity index (χ1) is 12.7. The van der Waals surface area contributed by atoms with Crippen molar-refractivity contribution in [2.45, 2.75) is 31.3 Å². The number of rotatable bonds is 6. The number of nitrogens with zero attached hydrogens (tertiary/aromatic N) is 6. The first kappa shape index (κ1) is 17.2. The predicted octanol–water partition coefficient (Wildman–Crippen LogP) is -0.246. The van der Waals surface area contributed by atoms with Crippen molar-refractivity contribution < 1.29 is 9.53 Å². The fourth-order valence-corrected chi connectivity index (χ4v) is 3.59. The van der Waals surface area contributed by atoms with Gasteiger partial charge in [-0.1, -0.05) is 0 Å². The molecule has 1 amide bonds. The van der Waals surface area contributed by atoms with Crippen LogP contribution in [0, 0.1) is 0 Å². The summed E-state index contributed by atoms with van der Waals surface area (Å²) in [4.78, 5) is 14.3. The van der Waals surface area contributed by atoms with E-state index >= 15 is 0 Å². The Morgan fingerprint density at radius 2 is 2.12 bits per heavy atom. The Hall–Kier alpha value is -2.26. The van der Waals surface area contributed by atoms with Crippen LogP contribution >= 0.6 is 0 Å². The first-order valence-electron chi connectivity index (χ1n) is 9.14. The molecule has 26 heavy (non-hydrogen) atoms. The monoisotopic (exact) mass is 359 g/mol. The van der Waals surface area contributed by atoms with Gasteiger partial charge in [0.15, 0.2) is 5.82 Å². The summed E-state index contributed by atoms with van der Waals surface area (Å²) in [6, 6.07) is 2.13. The van der Waals surface area contributed by atoms with Crippen LogP contribution in [0.25, 0.3) is 0 Å². The standard InChI is InChI=1S/C17H25N7O2/c1-22-15(11-24-4-2-3-18-24)20-21-17(22)13-9-14(10-13)19-16(25)12-23-5-7-26-8-6-23/h2-4,13-14H,5-12H2,1H3,(H,19,25). The molecule has 1 saturated carbocycles. The summed E-state index contributed by atoms with van der Waals surface area (Å²) in [5, 5.41) is 16.0. The number of morpholine rings is 1. The number of hydrogen-bond donors (Lipinski definition) is 1. The summed E-state index contributed by atoms with van der Waals surface area (Å²) in [6.07, 6.45) is 5.51. The Labute approximate surface area is 152 Å². The average molecular weight is 359 g/mol. The van der Waals surface area contributed by atoms with Gasteiger partial charge in [0.1, 0.15) is 12.4 Å². The highest BCUT2D eigenvalue weighted by Gasteiger charge is 2.35. The van der Waals surface area contributed by atoms with E-state index in [4.69, 9.17) is 4.74 Å². The lowest BCUT2D eigenvalue weighted by Gasteiger charge is -2.35. The lowest BCUT2D eigenvalue weighted by molar-refractivity contribution is -0.124. The second kappa shape index (κ2) is 7.55. The topological polar surface area (TPSA) is 90.1 Å². The van der Waals surface area contributed by atoms with Crippen molar-refractivity contribution >= 4 is 5.91 Å². The van der Waals surface area contributed by atoms with E-state index in [-0.39, 0.29) is 11.9 Å². The largest absolute Gasteiger partial charge is 0.379 e. The zero-order chi connectivity index (χ0) is 17.9. The van der Waals surface area contributed by atoms with E-state index in [1.807, 2.05) is 24.0 Å². The molecule has 3 heterocycles. The van der Waals surface area contributed by atoms with Gasteiger partial charge in [0, 0.05) is 44.5 Å². The third kappa shape index (κ3) is 3.78. The van der Waals surface area contributed by atoms with Gasteiger partial charge in [-0.05, 0) is 18.9 Å². The molecule has 1 N–H and O–H groups in total. The van der Waals surface area contributed by atoms with E-state index in [0.29, 0.717) is 32.2 Å². The number of carbonyl (C=O) groups excluding carboxylic acids is 1. The van der Waals surface area contributed by atoms with Gasteiger partial charge < -0.3 is 14.6 Å². The quantitative estimate of drug-likeness (QED) is 0.765. The molecule has 2 aromatic heterocycles. The molecule has 2 fully saturated rings. The molecule has 4 rings (SSSR count). The molecule has 9 heteroatoms. The zero-order valence-corrected chi connectivity index (χ0v) is 15.0. The van der Waals surface area contributed by atoms with Crippen LogP contribution in [0.1, 0.15) is 30.4 Å². The molecule has 2 aliphatic rings. The maximum Gasteiger partial charge on any atom is 0.234 e. The Morgan fingerprint density at radius 3 is 2.85 bits per heavy atom. The SMILES string of the molecule is Cn1c(Cn2cccn2)nnc1C1CC(NC(=O)CN2CCOCC2)C1. The highest BCUT2D eigenvalue weighted by Crippen LogP contribution is 2.35. The van der Waals surface area contributed by atoms with E-state index < -0.39 is 0 Å². The van der Waals surface area contributed by atoms with Crippen LogP contribution in [0.5, 0.6) is 0 Å². The summed E-state index contributed by atoms with van der Waals surface area (Å²) in [5.74, 6) is 2.34. The minimum atomic E-state index is 0.104. The van der Waals surface area contributed by atoms with E-state index in [9.17, 15) is 4.79 Å². The molecule has 0 atom stereocenters. The summed E-state index contributed by atoms with van der Waals surface area (Å²) in [7, 11) is 2.00. The van der Waals surface area contributed by atoms with Crippen molar-refractivity contribution in [3.63, 3.8) is 0 Å². The second-order valence-electron chi connectivity index (χ2n) is 7.06. The molecule has 0 unspecified atom stereocenters. The van der Waals surface area contributed by atoms with Gasteiger partial charge in [0.2, 0.25) is 5.91 Å². The Kier molecular flexibility index (Phi) is 4.98. The summed E-state index contributed by atoms with van der Waals surface area (Å²) in [5.41, 5.74) is 0. The smallest absolute Gasteiger partial charge is 0.234 e. The lowest BCUT2D eigenvalue weighted by Crippen LogP contribution is -2.49. The van der Waals surface area contributed by atoms with Crippen molar-refractivity contribution in [1.29, 1.82) is 0 Å². The molecule has 2 aromatic rings. The molecular weight excluding hydrogens is 334 g/mol. The predicted molar refractivity (Wildman–Crippen MR) is 93.5 cm³/mol. The fraction of sp³-hybridized carbons (Fsp3) is 0.647. The number of amides is 1. The van der Waals surface area contributed by atoms with E-state index in [1.165, 1.54) is 0 Å². The molecule has 0 aromatic carbocycles. The Bertz CT molecular complexity index is 730. The molecule has 0 bridgehead atoms. The molecule has 0 spiro atoms. The highest BCUT2D eigenvalue weighted by molar-refractivity contribution is 5.78. The van der Waals surface area contributed by atoms with Crippen molar-refractivity contribution in [2.75, 3.05) is 32.8 Å². The van der Waals surface area contributed by atoms with Gasteiger partial charge in [0.25, 0.3) is 0 Å². The molecular formula is C17H25N7O2. The van der Waals surface area contributed by atoms with E-state index in [2.05, 4.69) is 30.1 Å². The van der Waals surface area contributed by atoms with Crippen LogP contribution in [0.2, 0.25) is 0 Å². The summed E-state index contributed by atoms with van der Waals surface area (Å²) < 4.78 is 9.20. The van der Waals surface area contributed by atoms with Crippen molar-refractivity contribution in [3.8, 4) is 0 Å².